The van der Waals surface area contributed by atoms with Crippen molar-refractivity contribution in [2.24, 2.45) is 5.41 Å². The molecule has 5 heteroatoms. The van der Waals surface area contributed by atoms with Gasteiger partial charge in [0.2, 0.25) is 5.91 Å². The lowest BCUT2D eigenvalue weighted by atomic mass is 10.1. The second-order valence-electron chi connectivity index (χ2n) is 3.28. The van der Waals surface area contributed by atoms with Crippen LogP contribution in [0.15, 0.2) is 18.7 Å². The Morgan fingerprint density at radius 1 is 1.50 bits per heavy atom. The van der Waals surface area contributed by atoms with E-state index in [2.05, 4.69) is 15.3 Å². The highest BCUT2D eigenvalue weighted by Crippen LogP contribution is 2.45. The molecule has 5 nitrogen and oxygen atoms in total. The molecule has 0 aliphatic heterocycles. The van der Waals surface area contributed by atoms with Gasteiger partial charge in [-0.05, 0) is 12.8 Å². The molecule has 70 valence electrons. The molecule has 1 amide bonds. The van der Waals surface area contributed by atoms with Crippen molar-refractivity contribution in [3.05, 3.63) is 18.7 Å². The predicted octanol–water partition coefficient (Wildman–Crippen LogP) is 0.719. The van der Waals surface area contributed by atoms with Gasteiger partial charge in [-0.25, -0.2) is 9.97 Å². The number of anilines is 1. The van der Waals surface area contributed by atoms with E-state index in [0.29, 0.717) is 18.5 Å². The number of hydrogen-bond donors (Lipinski definition) is 1. The van der Waals surface area contributed by atoms with E-state index >= 15 is 0 Å². The van der Waals surface area contributed by atoms with Gasteiger partial charge < -0.3 is 5.32 Å². The SMILES string of the molecule is N#CC1(C(=O)Nc2cncnc2)CC1. The second-order valence-corrected chi connectivity index (χ2v) is 3.28. The fourth-order valence-electron chi connectivity index (χ4n) is 1.13. The quantitative estimate of drug-likeness (QED) is 0.741. The summed E-state index contributed by atoms with van der Waals surface area (Å²) in [5.74, 6) is -0.255. The average Bonchev–Trinajstić information content (AvgIpc) is 3.00. The van der Waals surface area contributed by atoms with Crippen LogP contribution in [0.1, 0.15) is 12.8 Å². The van der Waals surface area contributed by atoms with E-state index in [-0.39, 0.29) is 5.91 Å². The highest BCUT2D eigenvalue weighted by Gasteiger charge is 2.50. The molecule has 0 saturated heterocycles. The molecular formula is C9H8N4O. The van der Waals surface area contributed by atoms with E-state index in [4.69, 9.17) is 5.26 Å². The summed E-state index contributed by atoms with van der Waals surface area (Å²) >= 11 is 0. The number of carbonyl (C=O) groups excluding carboxylic acids is 1. The van der Waals surface area contributed by atoms with Crippen LogP contribution in [0.25, 0.3) is 0 Å². The number of amides is 1. The Balaban J connectivity index is 2.07. The molecule has 2 rings (SSSR count). The Morgan fingerprint density at radius 3 is 2.64 bits per heavy atom. The van der Waals surface area contributed by atoms with Gasteiger partial charge in [-0.3, -0.25) is 4.79 Å². The van der Waals surface area contributed by atoms with E-state index in [1.807, 2.05) is 6.07 Å². The molecule has 1 heterocycles. The fraction of sp³-hybridized carbons (Fsp3) is 0.333. The maximum atomic E-state index is 11.5. The molecule has 0 aromatic carbocycles. The van der Waals surface area contributed by atoms with Crippen molar-refractivity contribution in [2.45, 2.75) is 12.8 Å². The number of rotatable bonds is 2. The van der Waals surface area contributed by atoms with Gasteiger partial charge in [-0.2, -0.15) is 5.26 Å². The van der Waals surface area contributed by atoms with Crippen LogP contribution >= 0.6 is 0 Å². The van der Waals surface area contributed by atoms with Crippen molar-refractivity contribution in [1.29, 1.82) is 5.26 Å². The number of hydrogen-bond acceptors (Lipinski definition) is 4. The summed E-state index contributed by atoms with van der Waals surface area (Å²) in [6, 6.07) is 2.02. The molecule has 14 heavy (non-hydrogen) atoms. The number of nitrogens with one attached hydrogen (secondary N) is 1. The van der Waals surface area contributed by atoms with Crippen molar-refractivity contribution in [3.63, 3.8) is 0 Å². The van der Waals surface area contributed by atoms with Crippen LogP contribution in [0.4, 0.5) is 5.69 Å². The topological polar surface area (TPSA) is 78.7 Å². The first-order chi connectivity index (χ1) is 6.77. The number of nitrogens with zero attached hydrogens (tertiary/aromatic N) is 3. The van der Waals surface area contributed by atoms with Gasteiger partial charge in [0.1, 0.15) is 11.7 Å². The van der Waals surface area contributed by atoms with Crippen LogP contribution in [-0.2, 0) is 4.79 Å². The lowest BCUT2D eigenvalue weighted by molar-refractivity contribution is -0.119. The van der Waals surface area contributed by atoms with Crippen LogP contribution in [0.5, 0.6) is 0 Å². The van der Waals surface area contributed by atoms with Crippen molar-refractivity contribution in [3.8, 4) is 6.07 Å². The number of aromatic nitrogens is 2. The minimum atomic E-state index is -0.796. The molecule has 1 aromatic heterocycles. The van der Waals surface area contributed by atoms with Crippen LogP contribution in [0.3, 0.4) is 0 Å². The van der Waals surface area contributed by atoms with Gasteiger partial charge in [-0.1, -0.05) is 0 Å². The van der Waals surface area contributed by atoms with Gasteiger partial charge in [0.05, 0.1) is 24.2 Å². The van der Waals surface area contributed by atoms with E-state index in [0.717, 1.165) is 0 Å². The molecule has 0 bridgehead atoms. The van der Waals surface area contributed by atoms with Crippen LogP contribution in [-0.4, -0.2) is 15.9 Å². The molecule has 0 atom stereocenters. The normalized spacial score (nSPS) is 16.8. The predicted molar refractivity (Wildman–Crippen MR) is 47.9 cm³/mol. The Kier molecular flexibility index (Phi) is 1.89. The van der Waals surface area contributed by atoms with Crippen LogP contribution < -0.4 is 5.32 Å². The third kappa shape index (κ3) is 1.42. The van der Waals surface area contributed by atoms with E-state index < -0.39 is 5.41 Å². The molecule has 1 aromatic rings. The minimum Gasteiger partial charge on any atom is -0.322 e. The Morgan fingerprint density at radius 2 is 2.14 bits per heavy atom. The van der Waals surface area contributed by atoms with Crippen molar-refractivity contribution < 1.29 is 4.79 Å². The van der Waals surface area contributed by atoms with Gasteiger partial charge in [-0.15, -0.1) is 0 Å². The third-order valence-corrected chi connectivity index (χ3v) is 2.22. The maximum absolute atomic E-state index is 11.5. The highest BCUT2D eigenvalue weighted by atomic mass is 16.2. The molecule has 1 saturated carbocycles. The summed E-state index contributed by atoms with van der Waals surface area (Å²) in [6.45, 7) is 0. The first-order valence-electron chi connectivity index (χ1n) is 4.24. The van der Waals surface area contributed by atoms with E-state index in [9.17, 15) is 4.79 Å². The molecule has 1 aliphatic rings. The zero-order valence-corrected chi connectivity index (χ0v) is 7.40. The largest absolute Gasteiger partial charge is 0.322 e. The van der Waals surface area contributed by atoms with Gasteiger partial charge in [0.25, 0.3) is 0 Å². The average molecular weight is 188 g/mol. The molecule has 0 radical (unpaired) electrons. The fourth-order valence-corrected chi connectivity index (χ4v) is 1.13. The minimum absolute atomic E-state index is 0.255. The highest BCUT2D eigenvalue weighted by molar-refractivity contribution is 5.98. The lowest BCUT2D eigenvalue weighted by Gasteiger charge is -2.06. The van der Waals surface area contributed by atoms with Crippen molar-refractivity contribution in [1.82, 2.24) is 9.97 Å². The lowest BCUT2D eigenvalue weighted by Crippen LogP contribution is -2.22. The van der Waals surface area contributed by atoms with Crippen LogP contribution in [0, 0.1) is 16.7 Å². The number of nitriles is 1. The smallest absolute Gasteiger partial charge is 0.244 e. The molecular weight excluding hydrogens is 180 g/mol. The van der Waals surface area contributed by atoms with Crippen molar-refractivity contribution >= 4 is 11.6 Å². The van der Waals surface area contributed by atoms with Gasteiger partial charge >= 0.3 is 0 Å². The summed E-state index contributed by atoms with van der Waals surface area (Å²) in [4.78, 5) is 19.1. The van der Waals surface area contributed by atoms with E-state index in [1.165, 1.54) is 18.7 Å². The zero-order valence-electron chi connectivity index (χ0n) is 7.40. The molecule has 0 unspecified atom stereocenters. The summed E-state index contributed by atoms with van der Waals surface area (Å²) in [6.07, 6.45) is 5.66. The zero-order chi connectivity index (χ0) is 10.0. The summed E-state index contributed by atoms with van der Waals surface area (Å²) in [5, 5.41) is 11.4. The molecule has 1 N–H and O–H groups in total. The third-order valence-electron chi connectivity index (χ3n) is 2.22. The Hall–Kier alpha value is -1.96. The maximum Gasteiger partial charge on any atom is 0.244 e. The van der Waals surface area contributed by atoms with Gasteiger partial charge in [0, 0.05) is 0 Å². The monoisotopic (exact) mass is 188 g/mol. The number of carbonyl (C=O) groups is 1. The summed E-state index contributed by atoms with van der Waals surface area (Å²) in [7, 11) is 0. The second kappa shape index (κ2) is 3.07. The van der Waals surface area contributed by atoms with Crippen LogP contribution in [0.2, 0.25) is 0 Å². The molecule has 0 spiro atoms. The standard InChI is InChI=1S/C9H8N4O/c10-5-9(1-2-9)8(14)13-7-3-11-6-12-4-7/h3-4,6H,1-2H2,(H,13,14). The summed E-state index contributed by atoms with van der Waals surface area (Å²) < 4.78 is 0. The summed E-state index contributed by atoms with van der Waals surface area (Å²) in [5.41, 5.74) is -0.269. The first-order valence-corrected chi connectivity index (χ1v) is 4.24. The molecule has 1 fully saturated rings. The Labute approximate surface area is 80.8 Å². The first kappa shape index (κ1) is 8.63. The van der Waals surface area contributed by atoms with Gasteiger partial charge in [0.15, 0.2) is 0 Å². The van der Waals surface area contributed by atoms with E-state index in [1.54, 1.807) is 0 Å². The van der Waals surface area contributed by atoms with Crippen molar-refractivity contribution in [2.75, 3.05) is 5.32 Å². The molecule has 1 aliphatic carbocycles. The Bertz CT molecular complexity index is 391.